The van der Waals surface area contributed by atoms with Crippen molar-refractivity contribution in [1.29, 1.82) is 0 Å². The molecule has 0 atom stereocenters. The molecule has 0 bridgehead atoms. The van der Waals surface area contributed by atoms with Gasteiger partial charge in [-0.3, -0.25) is 14.3 Å². The monoisotopic (exact) mass is 534 g/mol. The second kappa shape index (κ2) is 9.70. The Balaban J connectivity index is 2.12. The Labute approximate surface area is 215 Å². The molecule has 2 aromatic rings. The van der Waals surface area contributed by atoms with Gasteiger partial charge in [0.15, 0.2) is 0 Å². The highest BCUT2D eigenvalue weighted by Gasteiger charge is 2.41. The Hall–Kier alpha value is -3.18. The Kier molecular flexibility index (Phi) is 7.39. The summed E-state index contributed by atoms with van der Waals surface area (Å²) >= 11 is 1.06. The van der Waals surface area contributed by atoms with E-state index in [0.717, 1.165) is 16.4 Å². The second-order valence-corrected chi connectivity index (χ2v) is 13.1. The number of carbonyl (C=O) groups excluding carboxylic acids is 3. The smallest absolute Gasteiger partial charge is 0.338 e. The lowest BCUT2D eigenvalue weighted by Crippen LogP contribution is -2.35. The molecule has 0 aliphatic carbocycles. The minimum Gasteiger partial charge on any atom is -0.430 e. The van der Waals surface area contributed by atoms with Gasteiger partial charge in [0.2, 0.25) is 0 Å². The summed E-state index contributed by atoms with van der Waals surface area (Å²) in [4.78, 5) is 44.2. The molecule has 9 nitrogen and oxygen atoms in total. The highest BCUT2D eigenvalue weighted by molar-refractivity contribution is 7.94. The van der Waals surface area contributed by atoms with E-state index in [0.29, 0.717) is 5.56 Å². The fourth-order valence-electron chi connectivity index (χ4n) is 3.07. The number of hydrogen-bond acceptors (Lipinski definition) is 8. The zero-order valence-corrected chi connectivity index (χ0v) is 22.9. The standard InChI is InChI=1S/C25H30N2O7S2/c1-8-18(33-22(29)24(2,3)4)20-16-12-11-15(26-36(31,32)19-10-9-13-35-19)14-17(16)27(21(20)28)34-23(30)25(5,6)7/h9-14,26H,8H2,1-7H3/b20-18-. The largest absolute Gasteiger partial charge is 0.430 e. The van der Waals surface area contributed by atoms with Crippen LogP contribution in [-0.4, -0.2) is 26.3 Å². The lowest BCUT2D eigenvalue weighted by molar-refractivity contribution is -0.157. The Bertz CT molecular complexity index is 1330. The zero-order valence-electron chi connectivity index (χ0n) is 21.3. The number of fused-ring (bicyclic) bond motifs is 1. The van der Waals surface area contributed by atoms with Crippen LogP contribution in [0.5, 0.6) is 0 Å². The number of rotatable bonds is 6. The van der Waals surface area contributed by atoms with Gasteiger partial charge in [-0.2, -0.15) is 0 Å². The van der Waals surface area contributed by atoms with Gasteiger partial charge in [0.1, 0.15) is 9.97 Å². The van der Waals surface area contributed by atoms with Gasteiger partial charge >= 0.3 is 11.9 Å². The van der Waals surface area contributed by atoms with Crippen molar-refractivity contribution in [2.24, 2.45) is 10.8 Å². The summed E-state index contributed by atoms with van der Waals surface area (Å²) in [7, 11) is -3.86. The van der Waals surface area contributed by atoms with Crippen LogP contribution in [0.2, 0.25) is 0 Å². The topological polar surface area (TPSA) is 119 Å². The van der Waals surface area contributed by atoms with Crippen molar-refractivity contribution in [2.75, 3.05) is 9.79 Å². The molecular weight excluding hydrogens is 504 g/mol. The van der Waals surface area contributed by atoms with Gasteiger partial charge in [0.05, 0.1) is 27.8 Å². The molecule has 3 rings (SSSR count). The predicted octanol–water partition coefficient (Wildman–Crippen LogP) is 5.11. The predicted molar refractivity (Wildman–Crippen MR) is 137 cm³/mol. The van der Waals surface area contributed by atoms with Crippen LogP contribution in [0.25, 0.3) is 5.57 Å². The van der Waals surface area contributed by atoms with Crippen molar-refractivity contribution in [3.05, 3.63) is 47.0 Å². The van der Waals surface area contributed by atoms with E-state index in [2.05, 4.69) is 4.72 Å². The molecule has 11 heteroatoms. The summed E-state index contributed by atoms with van der Waals surface area (Å²) in [5.74, 6) is -1.76. The van der Waals surface area contributed by atoms with E-state index in [4.69, 9.17) is 9.57 Å². The van der Waals surface area contributed by atoms with Crippen LogP contribution in [0.15, 0.2) is 45.7 Å². The molecule has 2 heterocycles. The molecule has 0 unspecified atom stereocenters. The summed E-state index contributed by atoms with van der Waals surface area (Å²) in [5.41, 5.74) is -1.00. The lowest BCUT2D eigenvalue weighted by atomic mass is 9.97. The summed E-state index contributed by atoms with van der Waals surface area (Å²) < 4.78 is 33.6. The van der Waals surface area contributed by atoms with E-state index in [1.807, 2.05) is 0 Å². The van der Waals surface area contributed by atoms with Gasteiger partial charge in [-0.05, 0) is 71.2 Å². The summed E-state index contributed by atoms with van der Waals surface area (Å²) in [5, 5.41) is 2.47. The van der Waals surface area contributed by atoms with Crippen LogP contribution in [0.1, 0.15) is 60.5 Å². The third-order valence-electron chi connectivity index (χ3n) is 5.11. The number of anilines is 2. The minimum absolute atomic E-state index is 0.0690. The van der Waals surface area contributed by atoms with Gasteiger partial charge in [-0.25, -0.2) is 13.2 Å². The van der Waals surface area contributed by atoms with Crippen LogP contribution >= 0.6 is 11.3 Å². The molecule has 1 aromatic carbocycles. The molecule has 1 aromatic heterocycles. The van der Waals surface area contributed by atoms with E-state index in [-0.39, 0.29) is 33.3 Å². The maximum absolute atomic E-state index is 13.5. The molecule has 1 N–H and O–H groups in total. The van der Waals surface area contributed by atoms with Gasteiger partial charge in [-0.15, -0.1) is 16.4 Å². The van der Waals surface area contributed by atoms with Crippen molar-refractivity contribution in [1.82, 2.24) is 0 Å². The van der Waals surface area contributed by atoms with Crippen molar-refractivity contribution >= 4 is 56.2 Å². The first-order valence-corrected chi connectivity index (χ1v) is 13.7. The van der Waals surface area contributed by atoms with Crippen LogP contribution < -0.4 is 9.79 Å². The summed E-state index contributed by atoms with van der Waals surface area (Å²) in [6, 6.07) is 7.52. The van der Waals surface area contributed by atoms with Gasteiger partial charge in [0.25, 0.3) is 15.9 Å². The molecule has 36 heavy (non-hydrogen) atoms. The Morgan fingerprint density at radius 2 is 1.67 bits per heavy atom. The molecule has 0 fully saturated rings. The number of thiophene rings is 1. The average molecular weight is 535 g/mol. The van der Waals surface area contributed by atoms with E-state index in [9.17, 15) is 22.8 Å². The number of carbonyl (C=O) groups is 3. The normalized spacial score (nSPS) is 15.4. The Morgan fingerprint density at radius 1 is 1.03 bits per heavy atom. The maximum Gasteiger partial charge on any atom is 0.338 e. The molecular formula is C25H30N2O7S2. The molecule has 0 saturated carbocycles. The molecule has 1 aliphatic heterocycles. The zero-order chi connectivity index (χ0) is 27.1. The van der Waals surface area contributed by atoms with Crippen LogP contribution in [0.4, 0.5) is 11.4 Å². The first-order valence-electron chi connectivity index (χ1n) is 11.3. The number of allylic oxidation sites excluding steroid dienone is 1. The van der Waals surface area contributed by atoms with Crippen LogP contribution in [0, 0.1) is 10.8 Å². The van der Waals surface area contributed by atoms with Crippen molar-refractivity contribution < 1.29 is 32.4 Å². The molecule has 0 spiro atoms. The number of sulfonamides is 1. The van der Waals surface area contributed by atoms with E-state index in [1.54, 1.807) is 59.9 Å². The van der Waals surface area contributed by atoms with Gasteiger partial charge < -0.3 is 9.57 Å². The number of nitrogens with zero attached hydrogens (tertiary/aromatic N) is 1. The lowest BCUT2D eigenvalue weighted by Gasteiger charge is -2.22. The number of hydrogen-bond donors (Lipinski definition) is 1. The SMILES string of the molecule is CC/C(OC(=O)C(C)(C)C)=C1/C(=O)N(OC(=O)C(C)(C)C)c2cc(NS(=O)(=O)c3cccs3)ccc21. The third kappa shape index (κ3) is 5.62. The number of hydroxylamine groups is 1. The Morgan fingerprint density at radius 3 is 2.19 bits per heavy atom. The molecule has 1 aliphatic rings. The molecule has 0 radical (unpaired) electrons. The number of ether oxygens (including phenoxy) is 1. The fourth-order valence-corrected chi connectivity index (χ4v) is 5.11. The van der Waals surface area contributed by atoms with Crippen LogP contribution in [0.3, 0.4) is 0 Å². The molecule has 0 saturated heterocycles. The number of benzene rings is 1. The average Bonchev–Trinajstić information content (AvgIpc) is 3.39. The molecule has 194 valence electrons. The summed E-state index contributed by atoms with van der Waals surface area (Å²) in [6.45, 7) is 11.7. The highest BCUT2D eigenvalue weighted by Crippen LogP contribution is 2.42. The van der Waals surface area contributed by atoms with E-state index < -0.39 is 38.7 Å². The van der Waals surface area contributed by atoms with Crippen molar-refractivity contribution in [3.63, 3.8) is 0 Å². The highest BCUT2D eigenvalue weighted by atomic mass is 32.2. The fraction of sp³-hybridized carbons (Fsp3) is 0.400. The number of amides is 1. The summed E-state index contributed by atoms with van der Waals surface area (Å²) in [6.07, 6.45) is 0.218. The van der Waals surface area contributed by atoms with E-state index >= 15 is 0 Å². The van der Waals surface area contributed by atoms with Crippen LogP contribution in [-0.2, 0) is 34.0 Å². The van der Waals surface area contributed by atoms with Gasteiger partial charge in [-0.1, -0.05) is 13.0 Å². The quantitative estimate of drug-likeness (QED) is 0.311. The maximum atomic E-state index is 13.5. The third-order valence-corrected chi connectivity index (χ3v) is 7.89. The second-order valence-electron chi connectivity index (χ2n) is 10.3. The van der Waals surface area contributed by atoms with Gasteiger partial charge in [0, 0.05) is 12.0 Å². The first-order chi connectivity index (χ1) is 16.6. The number of esters is 1. The van der Waals surface area contributed by atoms with Crippen molar-refractivity contribution in [3.8, 4) is 0 Å². The van der Waals surface area contributed by atoms with Crippen molar-refractivity contribution in [2.45, 2.75) is 59.1 Å². The number of nitrogens with one attached hydrogen (secondary N) is 1. The molecule has 1 amide bonds. The first kappa shape index (κ1) is 27.4. The minimum atomic E-state index is -3.86. The van der Waals surface area contributed by atoms with E-state index in [1.165, 1.54) is 24.3 Å².